The second-order valence-corrected chi connectivity index (χ2v) is 8.12. The maximum Gasteiger partial charge on any atom is 0.336 e. The topological polar surface area (TPSA) is 106 Å². The van der Waals surface area contributed by atoms with Crippen LogP contribution in [0.5, 0.6) is 0 Å². The minimum Gasteiger partial charge on any atom is -0.427 e. The number of hydrogen-bond donors (Lipinski definition) is 1. The van der Waals surface area contributed by atoms with E-state index in [1.165, 1.54) is 29.4 Å². The molecule has 0 spiro atoms. The van der Waals surface area contributed by atoms with Crippen molar-refractivity contribution in [1.29, 1.82) is 0 Å². The number of rotatable bonds is 4. The van der Waals surface area contributed by atoms with Crippen molar-refractivity contribution >= 4 is 21.6 Å². The summed E-state index contributed by atoms with van der Waals surface area (Å²) in [5.74, 6) is -0.274. The van der Waals surface area contributed by atoms with Crippen LogP contribution in [0.3, 0.4) is 0 Å². The molecule has 0 radical (unpaired) electrons. The summed E-state index contributed by atoms with van der Waals surface area (Å²) in [4.78, 5) is 24.0. The molecular formula is C18H20N2O6S. The number of anilines is 1. The Morgan fingerprint density at radius 2 is 1.85 bits per heavy atom. The smallest absolute Gasteiger partial charge is 0.336 e. The number of ether oxygens (including phenoxy) is 1. The van der Waals surface area contributed by atoms with Crippen LogP contribution in [-0.2, 0) is 14.8 Å². The van der Waals surface area contributed by atoms with E-state index in [2.05, 4.69) is 5.32 Å². The average Bonchev–Trinajstić information content (AvgIpc) is 2.62. The molecule has 1 amide bonds. The summed E-state index contributed by atoms with van der Waals surface area (Å²) in [6.07, 6.45) is 0. The maximum absolute atomic E-state index is 12.7. The van der Waals surface area contributed by atoms with Gasteiger partial charge in [0.2, 0.25) is 10.0 Å². The van der Waals surface area contributed by atoms with Crippen LogP contribution in [0.15, 0.2) is 44.4 Å². The van der Waals surface area contributed by atoms with Crippen molar-refractivity contribution in [2.45, 2.75) is 18.7 Å². The fourth-order valence-corrected chi connectivity index (χ4v) is 4.42. The minimum absolute atomic E-state index is 0.0928. The summed E-state index contributed by atoms with van der Waals surface area (Å²) in [6, 6.07) is 7.29. The lowest BCUT2D eigenvalue weighted by molar-refractivity contribution is 0.0730. The van der Waals surface area contributed by atoms with Gasteiger partial charge in [-0.05, 0) is 37.6 Å². The van der Waals surface area contributed by atoms with Crippen LogP contribution in [-0.4, -0.2) is 44.9 Å². The van der Waals surface area contributed by atoms with Crippen LogP contribution in [0.1, 0.15) is 21.7 Å². The Morgan fingerprint density at radius 3 is 2.52 bits per heavy atom. The van der Waals surface area contributed by atoms with Gasteiger partial charge in [-0.1, -0.05) is 6.07 Å². The molecule has 1 saturated heterocycles. The number of aryl methyl sites for hydroxylation is 2. The molecule has 27 heavy (non-hydrogen) atoms. The summed E-state index contributed by atoms with van der Waals surface area (Å²) in [6.45, 7) is 4.46. The predicted octanol–water partition coefficient (Wildman–Crippen LogP) is 1.53. The normalized spacial score (nSPS) is 15.5. The number of morpholine rings is 1. The number of carbonyl (C=O) groups excluding carboxylic acids is 1. The molecule has 2 heterocycles. The van der Waals surface area contributed by atoms with Crippen molar-refractivity contribution in [3.8, 4) is 0 Å². The van der Waals surface area contributed by atoms with Crippen molar-refractivity contribution in [2.24, 2.45) is 0 Å². The second-order valence-electron chi connectivity index (χ2n) is 6.18. The standard InChI is InChI=1S/C18H20N2O6S/c1-12-10-16(21)26-13(2)17(12)18(22)19-14-4-3-5-15(11-14)27(23,24)20-6-8-25-9-7-20/h3-5,10-11H,6-9H2,1-2H3,(H,19,22). The molecule has 2 aromatic rings. The molecule has 8 nitrogen and oxygen atoms in total. The van der Waals surface area contributed by atoms with Gasteiger partial charge in [0, 0.05) is 24.8 Å². The lowest BCUT2D eigenvalue weighted by Gasteiger charge is -2.26. The molecule has 1 aromatic carbocycles. The molecule has 1 aliphatic heterocycles. The number of nitrogens with zero attached hydrogens (tertiary/aromatic N) is 1. The fraction of sp³-hybridized carbons (Fsp3) is 0.333. The van der Waals surface area contributed by atoms with Crippen LogP contribution in [0.2, 0.25) is 0 Å². The van der Waals surface area contributed by atoms with Crippen LogP contribution in [0, 0.1) is 13.8 Å². The molecule has 1 N–H and O–H groups in total. The molecule has 9 heteroatoms. The number of benzene rings is 1. The molecule has 1 aromatic heterocycles. The largest absolute Gasteiger partial charge is 0.427 e. The first-order valence-electron chi connectivity index (χ1n) is 8.40. The zero-order chi connectivity index (χ0) is 19.6. The quantitative estimate of drug-likeness (QED) is 0.846. The molecule has 1 fully saturated rings. The highest BCUT2D eigenvalue weighted by Gasteiger charge is 2.26. The highest BCUT2D eigenvalue weighted by molar-refractivity contribution is 7.89. The molecule has 0 saturated carbocycles. The first-order valence-corrected chi connectivity index (χ1v) is 9.84. The van der Waals surface area contributed by atoms with Crippen LogP contribution in [0.4, 0.5) is 5.69 Å². The fourth-order valence-electron chi connectivity index (χ4n) is 2.96. The Bertz CT molecular complexity index is 996. The summed E-state index contributed by atoms with van der Waals surface area (Å²) in [5, 5.41) is 2.67. The number of carbonyl (C=O) groups is 1. The number of nitrogens with one attached hydrogen (secondary N) is 1. The molecule has 0 bridgehead atoms. The number of hydrogen-bond acceptors (Lipinski definition) is 6. The van der Waals surface area contributed by atoms with Gasteiger partial charge in [-0.2, -0.15) is 4.31 Å². The van der Waals surface area contributed by atoms with E-state index in [0.29, 0.717) is 37.6 Å². The lowest BCUT2D eigenvalue weighted by Crippen LogP contribution is -2.40. The Morgan fingerprint density at radius 1 is 1.15 bits per heavy atom. The molecule has 0 aliphatic carbocycles. The number of amides is 1. The van der Waals surface area contributed by atoms with E-state index in [9.17, 15) is 18.0 Å². The first-order chi connectivity index (χ1) is 12.8. The molecule has 1 aliphatic rings. The third kappa shape index (κ3) is 4.10. The Kier molecular flexibility index (Phi) is 5.45. The van der Waals surface area contributed by atoms with Crippen LogP contribution < -0.4 is 10.9 Å². The first kappa shape index (κ1) is 19.3. The van der Waals surface area contributed by atoms with Gasteiger partial charge in [-0.15, -0.1) is 0 Å². The van der Waals surface area contributed by atoms with E-state index in [1.807, 2.05) is 0 Å². The van der Waals surface area contributed by atoms with E-state index < -0.39 is 21.6 Å². The Labute approximate surface area is 156 Å². The van der Waals surface area contributed by atoms with Crippen molar-refractivity contribution in [1.82, 2.24) is 4.31 Å². The van der Waals surface area contributed by atoms with E-state index in [4.69, 9.17) is 9.15 Å². The van der Waals surface area contributed by atoms with Crippen molar-refractivity contribution in [2.75, 3.05) is 31.6 Å². The van der Waals surface area contributed by atoms with Crippen LogP contribution >= 0.6 is 0 Å². The SMILES string of the molecule is Cc1cc(=O)oc(C)c1C(=O)Nc1cccc(S(=O)(=O)N2CCOCC2)c1. The zero-order valence-corrected chi connectivity index (χ0v) is 15.8. The van der Waals surface area contributed by atoms with Gasteiger partial charge in [0.15, 0.2) is 0 Å². The molecule has 144 valence electrons. The van der Waals surface area contributed by atoms with Crippen molar-refractivity contribution < 1.29 is 22.4 Å². The van der Waals surface area contributed by atoms with Crippen LogP contribution in [0.25, 0.3) is 0 Å². The average molecular weight is 392 g/mol. The third-order valence-corrected chi connectivity index (χ3v) is 6.16. The van der Waals surface area contributed by atoms with E-state index in [1.54, 1.807) is 19.1 Å². The lowest BCUT2D eigenvalue weighted by atomic mass is 10.1. The molecule has 0 atom stereocenters. The van der Waals surface area contributed by atoms with Gasteiger partial charge < -0.3 is 14.5 Å². The van der Waals surface area contributed by atoms with Crippen molar-refractivity contribution in [3.05, 3.63) is 57.6 Å². The van der Waals surface area contributed by atoms with E-state index in [-0.39, 0.29) is 16.2 Å². The highest BCUT2D eigenvalue weighted by atomic mass is 32.2. The van der Waals surface area contributed by atoms with Crippen molar-refractivity contribution in [3.63, 3.8) is 0 Å². The second kappa shape index (κ2) is 7.63. The summed E-state index contributed by atoms with van der Waals surface area (Å²) in [7, 11) is -3.66. The molecule has 3 rings (SSSR count). The summed E-state index contributed by atoms with van der Waals surface area (Å²) < 4.78 is 37.0. The maximum atomic E-state index is 12.7. The van der Waals surface area contributed by atoms with Gasteiger partial charge >= 0.3 is 5.63 Å². The zero-order valence-electron chi connectivity index (χ0n) is 15.0. The third-order valence-electron chi connectivity index (χ3n) is 4.26. The predicted molar refractivity (Wildman–Crippen MR) is 98.4 cm³/mol. The van der Waals surface area contributed by atoms with Gasteiger partial charge in [-0.25, -0.2) is 13.2 Å². The Hall–Kier alpha value is -2.49. The van der Waals surface area contributed by atoms with Gasteiger partial charge in [-0.3, -0.25) is 4.79 Å². The Balaban J connectivity index is 1.86. The minimum atomic E-state index is -3.66. The number of sulfonamides is 1. The molecule has 0 unspecified atom stereocenters. The van der Waals surface area contributed by atoms with Gasteiger partial charge in [0.25, 0.3) is 5.91 Å². The summed E-state index contributed by atoms with van der Waals surface area (Å²) >= 11 is 0. The highest BCUT2D eigenvalue weighted by Crippen LogP contribution is 2.21. The monoisotopic (exact) mass is 392 g/mol. The summed E-state index contributed by atoms with van der Waals surface area (Å²) in [5.41, 5.74) is 0.536. The van der Waals surface area contributed by atoms with E-state index in [0.717, 1.165) is 0 Å². The van der Waals surface area contributed by atoms with Gasteiger partial charge in [0.1, 0.15) is 5.76 Å². The van der Waals surface area contributed by atoms with Gasteiger partial charge in [0.05, 0.1) is 23.7 Å². The van der Waals surface area contributed by atoms with E-state index >= 15 is 0 Å². The molecular weight excluding hydrogens is 372 g/mol.